The third-order valence-corrected chi connectivity index (χ3v) is 15.2. The lowest BCUT2D eigenvalue weighted by Gasteiger charge is -2.41. The van der Waals surface area contributed by atoms with Gasteiger partial charge in [-0.2, -0.15) is 0 Å². The van der Waals surface area contributed by atoms with Gasteiger partial charge < -0.3 is 45.1 Å². The summed E-state index contributed by atoms with van der Waals surface area (Å²) in [6, 6.07) is -1.05. The van der Waals surface area contributed by atoms with E-state index in [2.05, 4.69) is 117 Å². The zero-order valence-electron chi connectivity index (χ0n) is 52.8. The Morgan fingerprint density at radius 2 is 0.867 bits per heavy atom. The number of nitrogens with one attached hydrogen (secondary N) is 1. The number of carbonyl (C=O) groups is 2. The molecule has 8 atom stereocenters. The predicted molar refractivity (Wildman–Crippen MR) is 347 cm³/mol. The molecule has 476 valence electrons. The summed E-state index contributed by atoms with van der Waals surface area (Å²) in [6.07, 6.45) is 69.8. The maximum absolute atomic E-state index is 13.4. The molecular formula is C72H123NO10. The summed E-state index contributed by atoms with van der Waals surface area (Å²) in [5.74, 6) is -1.25. The summed E-state index contributed by atoms with van der Waals surface area (Å²) in [4.78, 5) is 26.6. The molecule has 11 heteroatoms. The number of hydrogen-bond acceptors (Lipinski definition) is 10. The largest absolute Gasteiger partial charge is 0.454 e. The van der Waals surface area contributed by atoms with Crippen molar-refractivity contribution in [3.63, 3.8) is 0 Å². The first-order valence-corrected chi connectivity index (χ1v) is 33.7. The Labute approximate surface area is 507 Å². The topological polar surface area (TPSA) is 175 Å². The number of rotatable bonds is 56. The fraction of sp³-hybridized carbons (Fsp3) is 0.722. The van der Waals surface area contributed by atoms with Gasteiger partial charge in [-0.3, -0.25) is 9.59 Å². The molecule has 11 nitrogen and oxygen atoms in total. The van der Waals surface area contributed by atoms with E-state index >= 15 is 0 Å². The number of carbonyl (C=O) groups excluding carboxylic acids is 2. The smallest absolute Gasteiger partial charge is 0.306 e. The molecule has 0 aromatic carbocycles. The van der Waals surface area contributed by atoms with Gasteiger partial charge in [-0.15, -0.1) is 0 Å². The summed E-state index contributed by atoms with van der Waals surface area (Å²) >= 11 is 0. The van der Waals surface area contributed by atoms with Gasteiger partial charge in [-0.05, 0) is 109 Å². The minimum Gasteiger partial charge on any atom is -0.454 e. The van der Waals surface area contributed by atoms with Crippen molar-refractivity contribution in [3.8, 4) is 0 Å². The Kier molecular flexibility index (Phi) is 54.7. The summed E-state index contributed by atoms with van der Waals surface area (Å²) in [6.45, 7) is 5.64. The number of esters is 1. The van der Waals surface area contributed by atoms with Crippen molar-refractivity contribution in [1.82, 2.24) is 5.32 Å². The third-order valence-electron chi connectivity index (χ3n) is 15.2. The highest BCUT2D eigenvalue weighted by atomic mass is 16.7. The van der Waals surface area contributed by atoms with Crippen molar-refractivity contribution in [2.24, 2.45) is 0 Å². The van der Waals surface area contributed by atoms with E-state index in [4.69, 9.17) is 14.2 Å². The van der Waals surface area contributed by atoms with Crippen LogP contribution in [0.4, 0.5) is 0 Å². The fourth-order valence-electron chi connectivity index (χ4n) is 9.87. The van der Waals surface area contributed by atoms with E-state index < -0.39 is 67.4 Å². The molecule has 1 saturated heterocycles. The molecule has 1 fully saturated rings. The fourth-order valence-corrected chi connectivity index (χ4v) is 9.87. The lowest BCUT2D eigenvalue weighted by atomic mass is 9.99. The molecule has 0 radical (unpaired) electrons. The van der Waals surface area contributed by atoms with Crippen LogP contribution in [0.3, 0.4) is 0 Å². The highest BCUT2D eigenvalue weighted by Crippen LogP contribution is 2.26. The van der Waals surface area contributed by atoms with E-state index in [9.17, 15) is 35.1 Å². The number of ether oxygens (including phenoxy) is 3. The first-order chi connectivity index (χ1) is 40.7. The second-order valence-electron chi connectivity index (χ2n) is 22.8. The number of allylic oxidation sites excluding steroid dienone is 17. The van der Waals surface area contributed by atoms with Gasteiger partial charge >= 0.3 is 5.97 Å². The second-order valence-corrected chi connectivity index (χ2v) is 22.8. The molecule has 1 rings (SSSR count). The summed E-state index contributed by atoms with van der Waals surface area (Å²) in [7, 11) is 0. The maximum Gasteiger partial charge on any atom is 0.306 e. The zero-order valence-corrected chi connectivity index (χ0v) is 52.8. The maximum atomic E-state index is 13.4. The van der Waals surface area contributed by atoms with Crippen LogP contribution in [-0.4, -0.2) is 99.6 Å². The summed E-state index contributed by atoms with van der Waals surface area (Å²) < 4.78 is 17.7. The van der Waals surface area contributed by atoms with Gasteiger partial charge in [-0.25, -0.2) is 0 Å². The second kappa shape index (κ2) is 58.7. The number of unbranched alkanes of at least 4 members (excludes halogenated alkanes) is 26. The lowest BCUT2D eigenvalue weighted by Crippen LogP contribution is -2.61. The highest BCUT2D eigenvalue weighted by Gasteiger charge is 2.47. The van der Waals surface area contributed by atoms with Crippen LogP contribution < -0.4 is 5.32 Å². The summed E-state index contributed by atoms with van der Waals surface area (Å²) in [5.41, 5.74) is 0. The molecule has 0 saturated carbocycles. The van der Waals surface area contributed by atoms with E-state index in [1.807, 2.05) is 12.2 Å². The predicted octanol–water partition coefficient (Wildman–Crippen LogP) is 16.8. The van der Waals surface area contributed by atoms with Gasteiger partial charge in [0, 0.05) is 6.42 Å². The minimum atomic E-state index is -1.63. The first-order valence-electron chi connectivity index (χ1n) is 33.7. The molecule has 1 aliphatic rings. The highest BCUT2D eigenvalue weighted by molar-refractivity contribution is 5.80. The molecule has 0 aliphatic carbocycles. The van der Waals surface area contributed by atoms with Gasteiger partial charge in [0.15, 0.2) is 12.4 Å². The van der Waals surface area contributed by atoms with Gasteiger partial charge in [0.1, 0.15) is 24.4 Å². The van der Waals surface area contributed by atoms with Crippen molar-refractivity contribution in [2.45, 2.75) is 320 Å². The van der Waals surface area contributed by atoms with Crippen molar-refractivity contribution >= 4 is 11.9 Å². The van der Waals surface area contributed by atoms with Crippen molar-refractivity contribution in [2.75, 3.05) is 13.2 Å². The standard InChI is InChI=1S/C72H123NO10/c1-4-7-10-13-16-19-22-25-27-29-31-33-35-37-39-42-45-48-51-54-57-60-67(77)83-70-69(79)68(78)66(61-74)82-72(70)81-62-63(64(75)58-55-52-49-46-43-40-24-21-18-15-12-9-6-3)73-71(80)65(76)59-56-53-50-47-44-41-38-36-34-32-30-28-26-23-20-17-14-11-8-5-2/h8,11,16-17,19-20,25-28,32,34,38,41,47,50,55,58,63-66,68-70,72,74-76,78-79H,4-7,9-10,12-15,18,21-24,29-31,33,35-37,39-40,42-46,48-49,51-54,56-57,59-62H2,1-3H3,(H,73,80)/b11-8-,19-16-,20-17-,27-25-,28-26-,34-32-,41-38-,50-47-,58-55+. The number of aliphatic hydroxyl groups excluding tert-OH is 5. The molecule has 83 heavy (non-hydrogen) atoms. The average molecular weight is 1160 g/mol. The SMILES string of the molecule is CC/C=C\C/C=C\C/C=C\C/C=C\C/C=C\C/C=C\CCCC(O)C(=O)NC(COC1OC(CO)C(O)C(O)C1OC(=O)CCCCCCCCCCCCC/C=C\C/C=C\CCCCC)C(O)/C=C/CCCCCCCCCCCCC. The molecule has 0 bridgehead atoms. The van der Waals surface area contributed by atoms with Crippen molar-refractivity contribution in [1.29, 1.82) is 0 Å². The number of amides is 1. The van der Waals surface area contributed by atoms with Crippen molar-refractivity contribution < 1.29 is 49.3 Å². The van der Waals surface area contributed by atoms with Crippen LogP contribution in [0.5, 0.6) is 0 Å². The monoisotopic (exact) mass is 1160 g/mol. The van der Waals surface area contributed by atoms with Crippen molar-refractivity contribution in [3.05, 3.63) is 109 Å². The van der Waals surface area contributed by atoms with Crippen LogP contribution in [0.15, 0.2) is 109 Å². The molecule has 1 heterocycles. The molecule has 0 aromatic heterocycles. The van der Waals surface area contributed by atoms with Gasteiger partial charge in [0.05, 0.1) is 25.4 Å². The van der Waals surface area contributed by atoms with E-state index in [1.54, 1.807) is 6.08 Å². The Morgan fingerprint density at radius 1 is 0.482 bits per heavy atom. The average Bonchev–Trinajstić information content (AvgIpc) is 3.54. The van der Waals surface area contributed by atoms with Gasteiger partial charge in [0.2, 0.25) is 5.91 Å². The normalized spacial score (nSPS) is 19.3. The van der Waals surface area contributed by atoms with E-state index in [-0.39, 0.29) is 19.4 Å². The molecule has 0 aromatic rings. The van der Waals surface area contributed by atoms with Crippen LogP contribution in [0.2, 0.25) is 0 Å². The summed E-state index contributed by atoms with van der Waals surface area (Å²) in [5, 5.41) is 57.1. The van der Waals surface area contributed by atoms with Crippen LogP contribution in [0, 0.1) is 0 Å². The van der Waals surface area contributed by atoms with Gasteiger partial charge in [0.25, 0.3) is 0 Å². The molecule has 1 amide bonds. The van der Waals surface area contributed by atoms with Crippen LogP contribution in [0.1, 0.15) is 271 Å². The Hall–Kier alpha value is -3.68. The number of aliphatic hydroxyl groups is 5. The first kappa shape index (κ1) is 77.3. The third kappa shape index (κ3) is 46.2. The van der Waals surface area contributed by atoms with Gasteiger partial charge in [-0.1, -0.05) is 265 Å². The Bertz CT molecular complexity index is 1770. The molecule has 6 N–H and O–H groups in total. The molecular weight excluding hydrogens is 1040 g/mol. The van der Waals surface area contributed by atoms with Crippen LogP contribution >= 0.6 is 0 Å². The van der Waals surface area contributed by atoms with Crippen LogP contribution in [0.25, 0.3) is 0 Å². The molecule has 1 aliphatic heterocycles. The Morgan fingerprint density at radius 3 is 1.33 bits per heavy atom. The minimum absolute atomic E-state index is 0.111. The number of hydrogen-bond donors (Lipinski definition) is 6. The van der Waals surface area contributed by atoms with E-state index in [1.165, 1.54) is 122 Å². The zero-order chi connectivity index (χ0) is 60.3. The molecule has 0 spiro atoms. The van der Waals surface area contributed by atoms with E-state index in [0.717, 1.165) is 96.3 Å². The molecule has 8 unspecified atom stereocenters. The Balaban J connectivity index is 2.68. The quantitative estimate of drug-likeness (QED) is 0.0195. The lowest BCUT2D eigenvalue weighted by molar-refractivity contribution is -0.305. The van der Waals surface area contributed by atoms with Crippen LogP contribution in [-0.2, 0) is 23.8 Å². The van der Waals surface area contributed by atoms with E-state index in [0.29, 0.717) is 19.3 Å².